The number of rotatable bonds is 2. The summed E-state index contributed by atoms with van der Waals surface area (Å²) in [5.74, 6) is -0.180. The normalized spacial score (nSPS) is 10.6. The van der Waals surface area contributed by atoms with E-state index in [1.54, 1.807) is 18.5 Å². The monoisotopic (exact) mass is 305 g/mol. The summed E-state index contributed by atoms with van der Waals surface area (Å²) in [6, 6.07) is 1.69. The summed E-state index contributed by atoms with van der Waals surface area (Å²) in [5, 5.41) is 9.25. The zero-order chi connectivity index (χ0) is 11.0. The van der Waals surface area contributed by atoms with E-state index >= 15 is 0 Å². The van der Waals surface area contributed by atoms with E-state index < -0.39 is 0 Å². The van der Waals surface area contributed by atoms with E-state index in [1.807, 2.05) is 0 Å². The van der Waals surface area contributed by atoms with Crippen molar-refractivity contribution in [3.05, 3.63) is 31.6 Å². The van der Waals surface area contributed by atoms with Crippen LogP contribution in [0.25, 0.3) is 0 Å². The Hall–Kier alpha value is -0.720. The summed E-state index contributed by atoms with van der Waals surface area (Å²) in [6.45, 7) is 0. The lowest BCUT2D eigenvalue weighted by molar-refractivity contribution is 0.103. The highest BCUT2D eigenvalue weighted by atomic mass is 79.9. The van der Waals surface area contributed by atoms with Gasteiger partial charge in [0, 0.05) is 7.05 Å². The summed E-state index contributed by atoms with van der Waals surface area (Å²) in [7, 11) is 1.66. The number of hydrogen-bond acceptors (Lipinski definition) is 4. The van der Waals surface area contributed by atoms with Crippen LogP contribution < -0.4 is 0 Å². The number of ketones is 1. The fourth-order valence-electron chi connectivity index (χ4n) is 1.16. The molecular formula is C8H5BrClN3OS. The predicted molar refractivity (Wildman–Crippen MR) is 61.5 cm³/mol. The van der Waals surface area contributed by atoms with Crippen LogP contribution in [0, 0.1) is 0 Å². The van der Waals surface area contributed by atoms with Gasteiger partial charge >= 0.3 is 0 Å². The number of hydrogen-bond donors (Lipinski definition) is 0. The van der Waals surface area contributed by atoms with Crippen LogP contribution in [0.5, 0.6) is 0 Å². The maximum Gasteiger partial charge on any atom is 0.216 e. The zero-order valence-corrected chi connectivity index (χ0v) is 10.7. The molecule has 2 aromatic rings. The second kappa shape index (κ2) is 4.03. The maximum absolute atomic E-state index is 12.0. The third-order valence-electron chi connectivity index (χ3n) is 1.86. The summed E-state index contributed by atoms with van der Waals surface area (Å²) < 4.78 is 2.32. The van der Waals surface area contributed by atoms with Gasteiger partial charge in [0.05, 0.1) is 5.56 Å². The average Bonchev–Trinajstić information content (AvgIpc) is 2.73. The highest BCUT2D eigenvalue weighted by molar-refractivity contribution is 9.10. The van der Waals surface area contributed by atoms with Gasteiger partial charge in [-0.15, -0.1) is 16.4 Å². The molecule has 0 atom stereocenters. The molecule has 0 bridgehead atoms. The van der Waals surface area contributed by atoms with Gasteiger partial charge in [-0.05, 0) is 27.4 Å². The minimum absolute atomic E-state index is 0.180. The number of carbonyl (C=O) groups excluding carboxylic acids is 1. The summed E-state index contributed by atoms with van der Waals surface area (Å²) in [5.41, 5.74) is 0.878. The molecule has 15 heavy (non-hydrogen) atoms. The molecule has 7 heteroatoms. The van der Waals surface area contributed by atoms with Crippen LogP contribution in [0.4, 0.5) is 0 Å². The van der Waals surface area contributed by atoms with Crippen LogP contribution in [0.2, 0.25) is 4.34 Å². The molecular weight excluding hydrogens is 302 g/mol. The Bertz CT molecular complexity index is 502. The maximum atomic E-state index is 12.0. The molecule has 0 aromatic carbocycles. The van der Waals surface area contributed by atoms with Crippen molar-refractivity contribution < 1.29 is 4.79 Å². The zero-order valence-electron chi connectivity index (χ0n) is 7.57. The third kappa shape index (κ3) is 1.84. The van der Waals surface area contributed by atoms with Crippen LogP contribution in [0.15, 0.2) is 16.0 Å². The third-order valence-corrected chi connectivity index (χ3v) is 3.57. The Kier molecular flexibility index (Phi) is 2.90. The fraction of sp³-hybridized carbons (Fsp3) is 0.125. The van der Waals surface area contributed by atoms with Gasteiger partial charge in [-0.25, -0.2) is 4.68 Å². The number of aryl methyl sites for hydroxylation is 1. The first kappa shape index (κ1) is 10.8. The molecule has 2 rings (SSSR count). The number of halogens is 2. The van der Waals surface area contributed by atoms with Gasteiger partial charge in [-0.2, -0.15) is 0 Å². The average molecular weight is 307 g/mol. The van der Waals surface area contributed by atoms with Gasteiger partial charge in [0.25, 0.3) is 0 Å². The molecule has 0 fully saturated rings. The second-order valence-corrected chi connectivity index (χ2v) is 5.06. The van der Waals surface area contributed by atoms with Crippen molar-refractivity contribution in [2.75, 3.05) is 0 Å². The number of carbonyl (C=O) groups is 1. The molecule has 0 saturated heterocycles. The molecule has 0 unspecified atom stereocenters. The quantitative estimate of drug-likeness (QED) is 0.801. The Balaban J connectivity index is 2.50. The van der Waals surface area contributed by atoms with Crippen molar-refractivity contribution in [1.82, 2.24) is 15.0 Å². The number of thiophene rings is 1. The topological polar surface area (TPSA) is 47.8 Å². The first-order chi connectivity index (χ1) is 7.11. The molecule has 0 aliphatic heterocycles. The smallest absolute Gasteiger partial charge is 0.216 e. The molecule has 0 N–H and O–H groups in total. The molecule has 2 aromatic heterocycles. The molecule has 4 nitrogen and oxygen atoms in total. The van der Waals surface area contributed by atoms with Crippen molar-refractivity contribution in [2.24, 2.45) is 7.05 Å². The fourth-order valence-corrected chi connectivity index (χ4v) is 2.58. The molecule has 0 amide bonds. The van der Waals surface area contributed by atoms with E-state index in [9.17, 15) is 4.79 Å². The van der Waals surface area contributed by atoms with Crippen LogP contribution >= 0.6 is 38.9 Å². The van der Waals surface area contributed by atoms with E-state index in [0.29, 0.717) is 20.2 Å². The van der Waals surface area contributed by atoms with Crippen molar-refractivity contribution in [3.8, 4) is 0 Å². The first-order valence-electron chi connectivity index (χ1n) is 3.94. The van der Waals surface area contributed by atoms with Gasteiger partial charge in [0.2, 0.25) is 5.78 Å². The van der Waals surface area contributed by atoms with Gasteiger partial charge in [-0.1, -0.05) is 16.8 Å². The number of aromatic nitrogens is 3. The lowest BCUT2D eigenvalue weighted by atomic mass is 10.2. The van der Waals surface area contributed by atoms with Gasteiger partial charge < -0.3 is 0 Å². The Morgan fingerprint density at radius 2 is 2.40 bits per heavy atom. The minimum Gasteiger partial charge on any atom is -0.287 e. The first-order valence-corrected chi connectivity index (χ1v) is 5.99. The van der Waals surface area contributed by atoms with E-state index in [2.05, 4.69) is 26.2 Å². The molecule has 0 aliphatic carbocycles. The molecule has 2 heterocycles. The highest BCUT2D eigenvalue weighted by Crippen LogP contribution is 2.26. The standard InChI is InChI=1S/C8H5BrClN3OS/c1-13-5(7(9)11-12-13)6(14)4-2-3-15-8(4)10/h2-3H,1H3. The van der Waals surface area contributed by atoms with Crippen LogP contribution in [-0.4, -0.2) is 20.8 Å². The van der Waals surface area contributed by atoms with Crippen LogP contribution in [-0.2, 0) is 7.05 Å². The molecule has 0 saturated carbocycles. The Labute approximate surface area is 103 Å². The molecule has 0 aliphatic rings. The summed E-state index contributed by atoms with van der Waals surface area (Å²) >= 11 is 10.4. The predicted octanol–water partition coefficient (Wildman–Crippen LogP) is 2.52. The van der Waals surface area contributed by atoms with Crippen LogP contribution in [0.1, 0.15) is 16.1 Å². The van der Waals surface area contributed by atoms with E-state index in [0.717, 1.165) is 0 Å². The van der Waals surface area contributed by atoms with Crippen molar-refractivity contribution in [2.45, 2.75) is 0 Å². The molecule has 78 valence electrons. The highest BCUT2D eigenvalue weighted by Gasteiger charge is 2.21. The lowest BCUT2D eigenvalue weighted by Crippen LogP contribution is -2.08. The second-order valence-electron chi connectivity index (χ2n) is 2.79. The molecule has 0 spiro atoms. The number of nitrogens with zero attached hydrogens (tertiary/aromatic N) is 3. The van der Waals surface area contributed by atoms with E-state index in [-0.39, 0.29) is 5.78 Å². The minimum atomic E-state index is -0.180. The lowest BCUT2D eigenvalue weighted by Gasteiger charge is -1.98. The summed E-state index contributed by atoms with van der Waals surface area (Å²) in [6.07, 6.45) is 0. The summed E-state index contributed by atoms with van der Waals surface area (Å²) in [4.78, 5) is 12.0. The van der Waals surface area contributed by atoms with Gasteiger partial charge in [-0.3, -0.25) is 4.79 Å². The Morgan fingerprint density at radius 3 is 2.87 bits per heavy atom. The van der Waals surface area contributed by atoms with E-state index in [4.69, 9.17) is 11.6 Å². The van der Waals surface area contributed by atoms with Gasteiger partial charge in [0.1, 0.15) is 10.0 Å². The largest absolute Gasteiger partial charge is 0.287 e. The van der Waals surface area contributed by atoms with E-state index in [1.165, 1.54) is 16.0 Å². The SMILES string of the molecule is Cn1nnc(Br)c1C(=O)c1ccsc1Cl. The molecule has 0 radical (unpaired) electrons. The van der Waals surface area contributed by atoms with Crippen molar-refractivity contribution >= 4 is 44.7 Å². The van der Waals surface area contributed by atoms with Crippen molar-refractivity contribution in [1.29, 1.82) is 0 Å². The van der Waals surface area contributed by atoms with Crippen LogP contribution in [0.3, 0.4) is 0 Å². The Morgan fingerprint density at radius 1 is 1.67 bits per heavy atom. The van der Waals surface area contributed by atoms with Crippen molar-refractivity contribution in [3.63, 3.8) is 0 Å². The van der Waals surface area contributed by atoms with Gasteiger partial charge in [0.15, 0.2) is 4.60 Å².